The molecule has 0 spiro atoms. The van der Waals surface area contributed by atoms with Gasteiger partial charge in [-0.1, -0.05) is 48.5 Å². The van der Waals surface area contributed by atoms with Gasteiger partial charge in [0.1, 0.15) is 11.3 Å². The first-order chi connectivity index (χ1) is 15.7. The van der Waals surface area contributed by atoms with E-state index in [0.717, 1.165) is 51.7 Å². The minimum Gasteiger partial charge on any atom is -0.494 e. The highest BCUT2D eigenvalue weighted by Crippen LogP contribution is 2.33. The smallest absolute Gasteiger partial charge is 0.227 e. The standard InChI is InChI=1S/C28H26N2O2/c1-30(2)16-7-17-31-23-13-14-24-22(18-23)10-6-11-25(24)28-29-26-19-21(12-15-27(26)32-28)20-8-4-3-5-9-20/h3-6,8-15,18-19H,7,16-17H2,1-2H3. The van der Waals surface area contributed by atoms with Crippen molar-refractivity contribution in [3.05, 3.63) is 84.9 Å². The van der Waals surface area contributed by atoms with Crippen LogP contribution in [-0.4, -0.2) is 37.1 Å². The van der Waals surface area contributed by atoms with Gasteiger partial charge in [-0.3, -0.25) is 0 Å². The van der Waals surface area contributed by atoms with Crippen molar-refractivity contribution in [2.75, 3.05) is 27.2 Å². The van der Waals surface area contributed by atoms with Crippen LogP contribution in [0, 0.1) is 0 Å². The van der Waals surface area contributed by atoms with Gasteiger partial charge in [0.2, 0.25) is 5.89 Å². The molecule has 0 aliphatic rings. The van der Waals surface area contributed by atoms with Crippen molar-refractivity contribution in [3.63, 3.8) is 0 Å². The number of fused-ring (bicyclic) bond motifs is 2. The third-order valence-corrected chi connectivity index (χ3v) is 5.60. The van der Waals surface area contributed by atoms with Crippen LogP contribution >= 0.6 is 0 Å². The molecule has 0 amide bonds. The van der Waals surface area contributed by atoms with Gasteiger partial charge >= 0.3 is 0 Å². The molecule has 0 aliphatic heterocycles. The molecule has 5 aromatic rings. The number of rotatable bonds is 7. The summed E-state index contributed by atoms with van der Waals surface area (Å²) >= 11 is 0. The maximum absolute atomic E-state index is 6.14. The highest BCUT2D eigenvalue weighted by Gasteiger charge is 2.13. The monoisotopic (exact) mass is 422 g/mol. The van der Waals surface area contributed by atoms with E-state index in [4.69, 9.17) is 14.1 Å². The molecular weight excluding hydrogens is 396 g/mol. The van der Waals surface area contributed by atoms with Crippen LogP contribution in [0.25, 0.3) is 44.5 Å². The van der Waals surface area contributed by atoms with Gasteiger partial charge in [-0.05, 0) is 78.8 Å². The zero-order chi connectivity index (χ0) is 21.9. The van der Waals surface area contributed by atoms with Gasteiger partial charge in [0, 0.05) is 12.1 Å². The Kier molecular flexibility index (Phi) is 5.61. The number of hydrogen-bond donors (Lipinski definition) is 0. The van der Waals surface area contributed by atoms with Gasteiger partial charge in [0.15, 0.2) is 5.58 Å². The summed E-state index contributed by atoms with van der Waals surface area (Å²) in [6, 6.07) is 28.9. The SMILES string of the molecule is CN(C)CCCOc1ccc2c(-c3nc4cc(-c5ccccc5)ccc4o3)cccc2c1. The first-order valence-corrected chi connectivity index (χ1v) is 10.9. The van der Waals surface area contributed by atoms with E-state index in [1.54, 1.807) is 0 Å². The molecule has 1 aromatic heterocycles. The highest BCUT2D eigenvalue weighted by atomic mass is 16.5. The molecule has 0 saturated carbocycles. The molecule has 0 N–H and O–H groups in total. The van der Waals surface area contributed by atoms with Gasteiger partial charge in [-0.25, -0.2) is 4.98 Å². The maximum Gasteiger partial charge on any atom is 0.227 e. The lowest BCUT2D eigenvalue weighted by atomic mass is 10.0. The van der Waals surface area contributed by atoms with Gasteiger partial charge in [0.25, 0.3) is 0 Å². The quantitative estimate of drug-likeness (QED) is 0.275. The van der Waals surface area contributed by atoms with E-state index in [2.05, 4.69) is 67.5 Å². The topological polar surface area (TPSA) is 38.5 Å². The zero-order valence-electron chi connectivity index (χ0n) is 18.4. The Hall–Kier alpha value is -3.63. The minimum absolute atomic E-state index is 0.635. The fourth-order valence-electron chi connectivity index (χ4n) is 3.96. The molecule has 4 aromatic carbocycles. The highest BCUT2D eigenvalue weighted by molar-refractivity contribution is 5.96. The molecule has 0 fully saturated rings. The zero-order valence-corrected chi connectivity index (χ0v) is 18.4. The van der Waals surface area contributed by atoms with E-state index in [-0.39, 0.29) is 0 Å². The number of ether oxygens (including phenoxy) is 1. The summed E-state index contributed by atoms with van der Waals surface area (Å²) in [6.45, 7) is 1.72. The molecule has 0 aliphatic carbocycles. The molecule has 0 atom stereocenters. The largest absolute Gasteiger partial charge is 0.494 e. The third-order valence-electron chi connectivity index (χ3n) is 5.60. The Balaban J connectivity index is 1.44. The summed E-state index contributed by atoms with van der Waals surface area (Å²) < 4.78 is 12.1. The van der Waals surface area contributed by atoms with Gasteiger partial charge in [-0.2, -0.15) is 0 Å². The van der Waals surface area contributed by atoms with Gasteiger partial charge < -0.3 is 14.1 Å². The summed E-state index contributed by atoms with van der Waals surface area (Å²) in [5.41, 5.74) is 4.94. The van der Waals surface area contributed by atoms with Gasteiger partial charge in [-0.15, -0.1) is 0 Å². The fourth-order valence-corrected chi connectivity index (χ4v) is 3.96. The van der Waals surface area contributed by atoms with Crippen LogP contribution in [0.3, 0.4) is 0 Å². The molecule has 160 valence electrons. The Labute approximate surface area is 188 Å². The fraction of sp³-hybridized carbons (Fsp3) is 0.179. The normalized spacial score (nSPS) is 11.5. The van der Waals surface area contributed by atoms with E-state index in [1.165, 1.54) is 5.56 Å². The van der Waals surface area contributed by atoms with Crippen LogP contribution in [0.4, 0.5) is 0 Å². The first-order valence-electron chi connectivity index (χ1n) is 10.9. The number of hydrogen-bond acceptors (Lipinski definition) is 4. The van der Waals surface area contributed by atoms with Crippen LogP contribution in [0.2, 0.25) is 0 Å². The van der Waals surface area contributed by atoms with Crippen LogP contribution in [0.15, 0.2) is 89.3 Å². The van der Waals surface area contributed by atoms with Crippen molar-refractivity contribution in [1.82, 2.24) is 9.88 Å². The summed E-state index contributed by atoms with van der Waals surface area (Å²) in [6.07, 6.45) is 0.999. The minimum atomic E-state index is 0.635. The molecule has 1 heterocycles. The Morgan fingerprint density at radius 2 is 1.72 bits per heavy atom. The molecule has 0 radical (unpaired) electrons. The summed E-state index contributed by atoms with van der Waals surface area (Å²) in [5, 5.41) is 2.21. The van der Waals surface area contributed by atoms with Crippen molar-refractivity contribution >= 4 is 21.9 Å². The number of benzene rings is 4. The second-order valence-corrected chi connectivity index (χ2v) is 8.26. The maximum atomic E-state index is 6.14. The molecule has 0 bridgehead atoms. The summed E-state index contributed by atoms with van der Waals surface area (Å²) in [5.74, 6) is 1.52. The molecule has 32 heavy (non-hydrogen) atoms. The molecule has 0 saturated heterocycles. The van der Waals surface area contributed by atoms with Crippen LogP contribution in [0.1, 0.15) is 6.42 Å². The molecule has 0 unspecified atom stereocenters. The average Bonchev–Trinajstić information content (AvgIpc) is 3.25. The summed E-state index contributed by atoms with van der Waals surface area (Å²) in [7, 11) is 4.15. The van der Waals surface area contributed by atoms with E-state index in [0.29, 0.717) is 12.5 Å². The van der Waals surface area contributed by atoms with E-state index in [9.17, 15) is 0 Å². The first kappa shape index (κ1) is 20.3. The Morgan fingerprint density at radius 1 is 0.844 bits per heavy atom. The van der Waals surface area contributed by atoms with Crippen molar-refractivity contribution < 1.29 is 9.15 Å². The van der Waals surface area contributed by atoms with Crippen molar-refractivity contribution in [2.45, 2.75) is 6.42 Å². The number of oxazole rings is 1. The lowest BCUT2D eigenvalue weighted by Crippen LogP contribution is -2.15. The Bertz CT molecular complexity index is 1360. The van der Waals surface area contributed by atoms with Crippen molar-refractivity contribution in [2.24, 2.45) is 0 Å². The molecule has 4 heteroatoms. The van der Waals surface area contributed by atoms with Crippen LogP contribution in [0.5, 0.6) is 5.75 Å². The average molecular weight is 423 g/mol. The second-order valence-electron chi connectivity index (χ2n) is 8.26. The van der Waals surface area contributed by atoms with E-state index >= 15 is 0 Å². The second kappa shape index (κ2) is 8.85. The predicted molar refractivity (Wildman–Crippen MR) is 131 cm³/mol. The number of aromatic nitrogens is 1. The molecular formula is C28H26N2O2. The van der Waals surface area contributed by atoms with Crippen LogP contribution in [-0.2, 0) is 0 Å². The number of nitrogens with zero attached hydrogens (tertiary/aromatic N) is 2. The summed E-state index contributed by atoms with van der Waals surface area (Å²) in [4.78, 5) is 6.98. The van der Waals surface area contributed by atoms with E-state index in [1.807, 2.05) is 36.4 Å². The Morgan fingerprint density at radius 3 is 2.56 bits per heavy atom. The molecule has 5 rings (SSSR count). The molecule has 4 nitrogen and oxygen atoms in total. The van der Waals surface area contributed by atoms with Crippen molar-refractivity contribution in [3.8, 4) is 28.3 Å². The predicted octanol–water partition coefficient (Wildman–Crippen LogP) is 6.65. The lowest BCUT2D eigenvalue weighted by Gasteiger charge is -2.11. The van der Waals surface area contributed by atoms with E-state index < -0.39 is 0 Å². The third kappa shape index (κ3) is 4.23. The van der Waals surface area contributed by atoms with Crippen molar-refractivity contribution in [1.29, 1.82) is 0 Å². The lowest BCUT2D eigenvalue weighted by molar-refractivity contribution is 0.282. The van der Waals surface area contributed by atoms with Gasteiger partial charge in [0.05, 0.1) is 6.61 Å². The van der Waals surface area contributed by atoms with Crippen LogP contribution < -0.4 is 4.74 Å².